The number of carbonyl (C=O) groups excluding carboxylic acids is 1. The topological polar surface area (TPSA) is 48.5 Å². The van der Waals surface area contributed by atoms with Gasteiger partial charge in [-0.1, -0.05) is 35.9 Å². The van der Waals surface area contributed by atoms with Crippen LogP contribution in [0, 0.1) is 13.8 Å². The lowest BCUT2D eigenvalue weighted by Gasteiger charge is -2.11. The second kappa shape index (κ2) is 10.0. The molecule has 5 aromatic rings. The molecule has 0 aliphatic heterocycles. The van der Waals surface area contributed by atoms with Gasteiger partial charge in [-0.2, -0.15) is 0 Å². The standard InChI is InChI=1S/C30H29N3O2/c1-22-14-15-23(2)24(19-22)21-35-29-13-8-18-33-25(20-31-30(29)33)9-7-12-28(34)26-10-3-4-11-27(26)32-16-5-6-17-32/h3-6,8,10-11,13-20H,7,9,12,21H2,1-2H3. The Labute approximate surface area is 205 Å². The van der Waals surface area contributed by atoms with Crippen molar-refractivity contribution in [1.29, 1.82) is 0 Å². The molecule has 5 rings (SSSR count). The Kier molecular flexibility index (Phi) is 6.49. The van der Waals surface area contributed by atoms with Crippen LogP contribution >= 0.6 is 0 Å². The Balaban J connectivity index is 1.26. The number of fused-ring (bicyclic) bond motifs is 1. The highest BCUT2D eigenvalue weighted by atomic mass is 16.5. The zero-order chi connectivity index (χ0) is 24.2. The van der Waals surface area contributed by atoms with Gasteiger partial charge in [0.05, 0.1) is 5.69 Å². The summed E-state index contributed by atoms with van der Waals surface area (Å²) in [6, 6.07) is 22.0. The van der Waals surface area contributed by atoms with Crippen LogP contribution in [0.5, 0.6) is 5.75 Å². The average Bonchev–Trinajstić information content (AvgIpc) is 3.55. The van der Waals surface area contributed by atoms with Gasteiger partial charge in [-0.3, -0.25) is 4.79 Å². The van der Waals surface area contributed by atoms with Crippen LogP contribution in [0.3, 0.4) is 0 Å². The molecule has 0 aliphatic rings. The number of hydrogen-bond donors (Lipinski definition) is 0. The van der Waals surface area contributed by atoms with E-state index in [1.54, 1.807) is 0 Å². The zero-order valence-corrected chi connectivity index (χ0v) is 20.1. The molecule has 0 unspecified atom stereocenters. The Hall–Kier alpha value is -4.12. The van der Waals surface area contributed by atoms with Gasteiger partial charge in [-0.25, -0.2) is 4.98 Å². The van der Waals surface area contributed by atoms with Gasteiger partial charge in [-0.15, -0.1) is 0 Å². The van der Waals surface area contributed by atoms with Gasteiger partial charge in [0.1, 0.15) is 6.61 Å². The van der Waals surface area contributed by atoms with E-state index in [0.29, 0.717) is 13.0 Å². The first-order chi connectivity index (χ1) is 17.1. The van der Waals surface area contributed by atoms with Gasteiger partial charge >= 0.3 is 0 Å². The molecule has 5 nitrogen and oxygen atoms in total. The molecule has 5 heteroatoms. The quantitative estimate of drug-likeness (QED) is 0.234. The summed E-state index contributed by atoms with van der Waals surface area (Å²) in [5, 5.41) is 0. The van der Waals surface area contributed by atoms with Crippen molar-refractivity contribution < 1.29 is 9.53 Å². The molecule has 0 N–H and O–H groups in total. The minimum Gasteiger partial charge on any atom is -0.485 e. The lowest BCUT2D eigenvalue weighted by molar-refractivity contribution is 0.0980. The monoisotopic (exact) mass is 463 g/mol. The molecular weight excluding hydrogens is 434 g/mol. The van der Waals surface area contributed by atoms with E-state index >= 15 is 0 Å². The number of rotatable bonds is 9. The summed E-state index contributed by atoms with van der Waals surface area (Å²) in [4.78, 5) is 17.6. The first-order valence-corrected chi connectivity index (χ1v) is 12.0. The van der Waals surface area contributed by atoms with E-state index < -0.39 is 0 Å². The van der Waals surface area contributed by atoms with E-state index in [2.05, 4.69) is 41.4 Å². The van der Waals surface area contributed by atoms with Crippen LogP contribution < -0.4 is 4.74 Å². The van der Waals surface area contributed by atoms with Crippen molar-refractivity contribution in [1.82, 2.24) is 14.0 Å². The molecule has 0 spiro atoms. The van der Waals surface area contributed by atoms with Gasteiger partial charge in [0.25, 0.3) is 0 Å². The van der Waals surface area contributed by atoms with E-state index in [9.17, 15) is 4.79 Å². The third kappa shape index (κ3) is 4.90. The van der Waals surface area contributed by atoms with Crippen molar-refractivity contribution in [3.05, 3.63) is 119 Å². The molecule has 0 bridgehead atoms. The smallest absolute Gasteiger partial charge is 0.179 e. The van der Waals surface area contributed by atoms with Crippen molar-refractivity contribution in [2.24, 2.45) is 0 Å². The number of Topliss-reactive ketones (excluding diaryl/α,β-unsaturated/α-hetero) is 1. The summed E-state index contributed by atoms with van der Waals surface area (Å²) in [6.07, 6.45) is 9.81. The summed E-state index contributed by atoms with van der Waals surface area (Å²) in [5.74, 6) is 0.914. The van der Waals surface area contributed by atoms with Crippen molar-refractivity contribution >= 4 is 11.4 Å². The molecule has 0 atom stereocenters. The van der Waals surface area contributed by atoms with Crippen molar-refractivity contribution in [2.75, 3.05) is 0 Å². The number of aryl methyl sites for hydroxylation is 3. The molecule has 3 aromatic heterocycles. The molecule has 0 saturated heterocycles. The molecule has 0 fully saturated rings. The number of carbonyl (C=O) groups is 1. The number of aromatic nitrogens is 3. The number of para-hydroxylation sites is 1. The molecule has 3 heterocycles. The predicted molar refractivity (Wildman–Crippen MR) is 138 cm³/mol. The Morgan fingerprint density at radius 1 is 0.943 bits per heavy atom. The molecule has 0 radical (unpaired) electrons. The van der Waals surface area contributed by atoms with Crippen LogP contribution in [0.4, 0.5) is 0 Å². The lowest BCUT2D eigenvalue weighted by atomic mass is 10.0. The molecular formula is C30H29N3O2. The van der Waals surface area contributed by atoms with Gasteiger partial charge in [-0.05, 0) is 74.2 Å². The summed E-state index contributed by atoms with van der Waals surface area (Å²) >= 11 is 0. The van der Waals surface area contributed by atoms with Crippen molar-refractivity contribution in [2.45, 2.75) is 39.7 Å². The zero-order valence-electron chi connectivity index (χ0n) is 20.1. The van der Waals surface area contributed by atoms with Crippen LogP contribution in [0.15, 0.2) is 91.5 Å². The highest BCUT2D eigenvalue weighted by Gasteiger charge is 2.14. The molecule has 176 valence electrons. The summed E-state index contributed by atoms with van der Waals surface area (Å²) in [6.45, 7) is 4.70. The maximum Gasteiger partial charge on any atom is 0.179 e. The largest absolute Gasteiger partial charge is 0.485 e. The molecule has 0 amide bonds. The second-order valence-electron chi connectivity index (χ2n) is 8.92. The van der Waals surface area contributed by atoms with Gasteiger partial charge in [0.15, 0.2) is 17.2 Å². The number of hydrogen-bond acceptors (Lipinski definition) is 3. The van der Waals surface area contributed by atoms with Crippen LogP contribution in [0.25, 0.3) is 11.3 Å². The predicted octanol–water partition coefficient (Wildman–Crippen LogP) is 6.53. The average molecular weight is 464 g/mol. The van der Waals surface area contributed by atoms with Crippen molar-refractivity contribution in [3.8, 4) is 11.4 Å². The van der Waals surface area contributed by atoms with Crippen LogP contribution in [-0.2, 0) is 13.0 Å². The normalized spacial score (nSPS) is 11.1. The number of ether oxygens (including phenoxy) is 1. The minimum absolute atomic E-state index is 0.153. The van der Waals surface area contributed by atoms with Crippen LogP contribution in [-0.4, -0.2) is 19.7 Å². The van der Waals surface area contributed by atoms with E-state index in [4.69, 9.17) is 4.74 Å². The molecule has 2 aromatic carbocycles. The summed E-state index contributed by atoms with van der Waals surface area (Å²) in [7, 11) is 0. The number of benzene rings is 2. The number of pyridine rings is 1. The SMILES string of the molecule is Cc1ccc(C)c(COc2cccn3c(CCCC(=O)c4ccccc4-n4cccc4)cnc23)c1. The third-order valence-electron chi connectivity index (χ3n) is 6.39. The molecule has 35 heavy (non-hydrogen) atoms. The maximum absolute atomic E-state index is 13.0. The third-order valence-corrected chi connectivity index (χ3v) is 6.39. The Bertz CT molecular complexity index is 1460. The fraction of sp³-hybridized carbons (Fsp3) is 0.200. The Morgan fingerprint density at radius 3 is 2.63 bits per heavy atom. The lowest BCUT2D eigenvalue weighted by Crippen LogP contribution is -2.06. The molecule has 0 aliphatic carbocycles. The highest BCUT2D eigenvalue weighted by Crippen LogP contribution is 2.23. The Morgan fingerprint density at radius 2 is 1.77 bits per heavy atom. The van der Waals surface area contributed by atoms with Crippen LogP contribution in [0.2, 0.25) is 0 Å². The van der Waals surface area contributed by atoms with Gasteiger partial charge in [0.2, 0.25) is 0 Å². The fourth-order valence-electron chi connectivity index (χ4n) is 4.44. The van der Waals surface area contributed by atoms with Crippen molar-refractivity contribution in [3.63, 3.8) is 0 Å². The number of nitrogens with zero attached hydrogens (tertiary/aromatic N) is 3. The van der Waals surface area contributed by atoms with E-state index in [0.717, 1.165) is 41.2 Å². The first-order valence-electron chi connectivity index (χ1n) is 12.0. The number of ketones is 1. The van der Waals surface area contributed by atoms with E-state index in [1.165, 1.54) is 16.7 Å². The molecule has 0 saturated carbocycles. The summed E-state index contributed by atoms with van der Waals surface area (Å²) < 4.78 is 10.2. The van der Waals surface area contributed by atoms with E-state index in [1.807, 2.05) is 77.9 Å². The van der Waals surface area contributed by atoms with Gasteiger partial charge in [0, 0.05) is 42.5 Å². The van der Waals surface area contributed by atoms with E-state index in [-0.39, 0.29) is 5.78 Å². The number of imidazole rings is 1. The minimum atomic E-state index is 0.153. The summed E-state index contributed by atoms with van der Waals surface area (Å²) in [5.41, 5.74) is 7.17. The van der Waals surface area contributed by atoms with Crippen LogP contribution in [0.1, 0.15) is 45.6 Å². The van der Waals surface area contributed by atoms with Gasteiger partial charge < -0.3 is 13.7 Å². The first kappa shape index (κ1) is 22.7. The maximum atomic E-state index is 13.0. The fourth-order valence-corrected chi connectivity index (χ4v) is 4.44. The second-order valence-corrected chi connectivity index (χ2v) is 8.92. The highest BCUT2D eigenvalue weighted by molar-refractivity contribution is 5.99.